The lowest BCUT2D eigenvalue weighted by Crippen LogP contribution is -2.16. The molecule has 0 aliphatic rings. The minimum absolute atomic E-state index is 0.0378. The first-order chi connectivity index (χ1) is 11.6. The minimum Gasteiger partial charge on any atom is -0.481 e. The summed E-state index contributed by atoms with van der Waals surface area (Å²) in [5, 5.41) is 9.41. The Labute approximate surface area is 147 Å². The maximum atomic E-state index is 11.4. The van der Waals surface area contributed by atoms with Gasteiger partial charge in [0.2, 0.25) is 0 Å². The van der Waals surface area contributed by atoms with Crippen LogP contribution in [0.2, 0.25) is 0 Å². The minimum atomic E-state index is -0.740. The summed E-state index contributed by atoms with van der Waals surface area (Å²) in [4.78, 5) is 23.7. The number of ketones is 1. The predicted molar refractivity (Wildman–Crippen MR) is 97.7 cm³/mol. The maximum Gasteiger partial charge on any atom is 0.307 e. The molecule has 0 amide bonds. The van der Waals surface area contributed by atoms with E-state index < -0.39 is 5.97 Å². The molecular formula is C20H22O3S. The zero-order valence-electron chi connectivity index (χ0n) is 13.8. The third kappa shape index (κ3) is 5.85. The van der Waals surface area contributed by atoms with Crippen molar-refractivity contribution >= 4 is 23.5 Å². The number of benzene rings is 2. The Morgan fingerprint density at radius 2 is 1.71 bits per heavy atom. The van der Waals surface area contributed by atoms with Gasteiger partial charge in [0.25, 0.3) is 0 Å². The van der Waals surface area contributed by atoms with Crippen LogP contribution in [-0.2, 0) is 11.2 Å². The lowest BCUT2D eigenvalue weighted by molar-refractivity contribution is -0.141. The van der Waals surface area contributed by atoms with Crippen molar-refractivity contribution in [2.45, 2.75) is 31.1 Å². The zero-order chi connectivity index (χ0) is 17.4. The lowest BCUT2D eigenvalue weighted by atomic mass is 10.0. The Bertz CT molecular complexity index is 665. The standard InChI is InChI=1S/C20H22O3S/c1-15(21)17-10-12-19(13-11-17)24-14-18(20(22)23)9-5-8-16-6-3-2-4-7-16/h2-4,6-7,10-13,18H,5,8-9,14H2,1H3,(H,22,23). The summed E-state index contributed by atoms with van der Waals surface area (Å²) in [6.07, 6.45) is 2.44. The first-order valence-electron chi connectivity index (χ1n) is 8.07. The van der Waals surface area contributed by atoms with Gasteiger partial charge in [-0.2, -0.15) is 0 Å². The molecule has 2 aromatic rings. The smallest absolute Gasteiger partial charge is 0.307 e. The van der Waals surface area contributed by atoms with Gasteiger partial charge >= 0.3 is 5.97 Å². The molecule has 3 nitrogen and oxygen atoms in total. The third-order valence-electron chi connectivity index (χ3n) is 3.92. The Balaban J connectivity index is 1.82. The van der Waals surface area contributed by atoms with Gasteiger partial charge in [0.1, 0.15) is 0 Å². The predicted octanol–water partition coefficient (Wildman–Crippen LogP) is 4.71. The number of rotatable bonds is 9. The molecule has 0 fully saturated rings. The summed E-state index contributed by atoms with van der Waals surface area (Å²) in [5.41, 5.74) is 1.92. The van der Waals surface area contributed by atoms with Gasteiger partial charge in [-0.3, -0.25) is 9.59 Å². The Morgan fingerprint density at radius 1 is 1.04 bits per heavy atom. The highest BCUT2D eigenvalue weighted by atomic mass is 32.2. The highest BCUT2D eigenvalue weighted by Crippen LogP contribution is 2.24. The molecule has 0 aliphatic carbocycles. The van der Waals surface area contributed by atoms with Crippen LogP contribution in [0, 0.1) is 5.92 Å². The molecule has 126 valence electrons. The van der Waals surface area contributed by atoms with E-state index in [0.717, 1.165) is 17.7 Å². The number of hydrogen-bond acceptors (Lipinski definition) is 3. The van der Waals surface area contributed by atoms with Crippen LogP contribution >= 0.6 is 11.8 Å². The van der Waals surface area contributed by atoms with Crippen molar-refractivity contribution in [1.82, 2.24) is 0 Å². The first-order valence-corrected chi connectivity index (χ1v) is 9.05. The fourth-order valence-corrected chi connectivity index (χ4v) is 3.49. The summed E-state index contributed by atoms with van der Waals surface area (Å²) in [7, 11) is 0. The van der Waals surface area contributed by atoms with Crippen LogP contribution in [0.3, 0.4) is 0 Å². The number of carbonyl (C=O) groups excluding carboxylic acids is 1. The normalized spacial score (nSPS) is 11.9. The van der Waals surface area contributed by atoms with Crippen molar-refractivity contribution in [3.8, 4) is 0 Å². The Kier molecular flexibility index (Phi) is 7.07. The number of carboxylic acid groups (broad SMARTS) is 1. The van der Waals surface area contributed by atoms with E-state index in [1.165, 1.54) is 24.2 Å². The van der Waals surface area contributed by atoms with Crippen molar-refractivity contribution in [3.63, 3.8) is 0 Å². The van der Waals surface area contributed by atoms with Gasteiger partial charge in [-0.05, 0) is 43.9 Å². The molecule has 1 unspecified atom stereocenters. The summed E-state index contributed by atoms with van der Waals surface area (Å²) < 4.78 is 0. The van der Waals surface area contributed by atoms with E-state index in [0.29, 0.717) is 17.7 Å². The second-order valence-corrected chi connectivity index (χ2v) is 6.90. The number of carboxylic acids is 1. The van der Waals surface area contributed by atoms with E-state index in [1.807, 2.05) is 30.3 Å². The fourth-order valence-electron chi connectivity index (χ4n) is 2.46. The van der Waals surface area contributed by atoms with Gasteiger partial charge in [0.05, 0.1) is 5.92 Å². The molecule has 24 heavy (non-hydrogen) atoms. The second-order valence-electron chi connectivity index (χ2n) is 5.80. The number of carbonyl (C=O) groups is 2. The monoisotopic (exact) mass is 342 g/mol. The summed E-state index contributed by atoms with van der Waals surface area (Å²) in [6.45, 7) is 1.54. The lowest BCUT2D eigenvalue weighted by Gasteiger charge is -2.12. The molecule has 0 heterocycles. The largest absolute Gasteiger partial charge is 0.481 e. The summed E-state index contributed by atoms with van der Waals surface area (Å²) in [5.74, 6) is -0.512. The molecule has 0 spiro atoms. The molecule has 0 aromatic heterocycles. The number of thioether (sulfide) groups is 1. The molecule has 0 bridgehead atoms. The molecular weight excluding hydrogens is 320 g/mol. The molecule has 4 heteroatoms. The summed E-state index contributed by atoms with van der Waals surface area (Å²) >= 11 is 1.53. The molecule has 0 saturated carbocycles. The van der Waals surface area contributed by atoms with Crippen LogP contribution in [0.5, 0.6) is 0 Å². The van der Waals surface area contributed by atoms with Crippen LogP contribution in [0.25, 0.3) is 0 Å². The third-order valence-corrected chi connectivity index (χ3v) is 5.10. The molecule has 0 aliphatic heterocycles. The van der Waals surface area contributed by atoms with E-state index >= 15 is 0 Å². The number of aliphatic carboxylic acids is 1. The van der Waals surface area contributed by atoms with Crippen molar-refractivity contribution in [1.29, 1.82) is 0 Å². The Hall–Kier alpha value is -2.07. The van der Waals surface area contributed by atoms with Gasteiger partial charge in [0, 0.05) is 16.2 Å². The van der Waals surface area contributed by atoms with E-state index in [2.05, 4.69) is 12.1 Å². The highest BCUT2D eigenvalue weighted by molar-refractivity contribution is 7.99. The van der Waals surface area contributed by atoms with Crippen LogP contribution in [0.4, 0.5) is 0 Å². The zero-order valence-corrected chi connectivity index (χ0v) is 14.6. The molecule has 2 aromatic carbocycles. The van der Waals surface area contributed by atoms with E-state index in [9.17, 15) is 14.7 Å². The van der Waals surface area contributed by atoms with E-state index in [1.54, 1.807) is 12.1 Å². The topological polar surface area (TPSA) is 54.4 Å². The number of aryl methyl sites for hydroxylation is 1. The maximum absolute atomic E-state index is 11.4. The van der Waals surface area contributed by atoms with Crippen molar-refractivity contribution in [3.05, 3.63) is 65.7 Å². The quantitative estimate of drug-likeness (QED) is 0.530. The number of hydrogen-bond donors (Lipinski definition) is 1. The van der Waals surface area contributed by atoms with Gasteiger partial charge in [0.15, 0.2) is 5.78 Å². The van der Waals surface area contributed by atoms with Gasteiger partial charge < -0.3 is 5.11 Å². The van der Waals surface area contributed by atoms with Crippen molar-refractivity contribution in [2.24, 2.45) is 5.92 Å². The SMILES string of the molecule is CC(=O)c1ccc(SCC(CCCc2ccccc2)C(=O)O)cc1. The van der Waals surface area contributed by atoms with Crippen LogP contribution in [-0.4, -0.2) is 22.6 Å². The number of Topliss-reactive ketones (excluding diaryl/α,β-unsaturated/α-hetero) is 1. The molecule has 1 N–H and O–H groups in total. The second kappa shape index (κ2) is 9.28. The average molecular weight is 342 g/mol. The van der Waals surface area contributed by atoms with Crippen LogP contribution < -0.4 is 0 Å². The van der Waals surface area contributed by atoms with Crippen LogP contribution in [0.15, 0.2) is 59.5 Å². The fraction of sp³-hybridized carbons (Fsp3) is 0.300. The van der Waals surface area contributed by atoms with Gasteiger partial charge in [-0.1, -0.05) is 42.5 Å². The van der Waals surface area contributed by atoms with E-state index in [-0.39, 0.29) is 11.7 Å². The highest BCUT2D eigenvalue weighted by Gasteiger charge is 2.17. The first kappa shape index (κ1) is 18.3. The summed E-state index contributed by atoms with van der Waals surface area (Å²) in [6, 6.07) is 17.5. The van der Waals surface area contributed by atoms with E-state index in [4.69, 9.17) is 0 Å². The van der Waals surface area contributed by atoms with Gasteiger partial charge in [-0.25, -0.2) is 0 Å². The van der Waals surface area contributed by atoms with Crippen LogP contribution in [0.1, 0.15) is 35.7 Å². The van der Waals surface area contributed by atoms with Crippen molar-refractivity contribution in [2.75, 3.05) is 5.75 Å². The molecule has 2 rings (SSSR count). The Morgan fingerprint density at radius 3 is 2.29 bits per heavy atom. The van der Waals surface area contributed by atoms with Gasteiger partial charge in [-0.15, -0.1) is 11.8 Å². The van der Waals surface area contributed by atoms with Crippen molar-refractivity contribution < 1.29 is 14.7 Å². The molecule has 0 radical (unpaired) electrons. The molecule has 1 atom stereocenters. The molecule has 0 saturated heterocycles. The average Bonchev–Trinajstić information content (AvgIpc) is 2.59.